The van der Waals surface area contributed by atoms with Crippen molar-refractivity contribution in [2.75, 3.05) is 20.1 Å². The summed E-state index contributed by atoms with van der Waals surface area (Å²) in [5, 5.41) is 13.3. The highest BCUT2D eigenvalue weighted by Gasteiger charge is 2.34. The van der Waals surface area contributed by atoms with Gasteiger partial charge in [-0.2, -0.15) is 0 Å². The molecule has 0 saturated carbocycles. The van der Waals surface area contributed by atoms with E-state index in [4.69, 9.17) is 0 Å². The van der Waals surface area contributed by atoms with Gasteiger partial charge in [0.15, 0.2) is 6.10 Å². The van der Waals surface area contributed by atoms with Crippen LogP contribution in [0.15, 0.2) is 60.7 Å². The molecule has 4 heteroatoms. The Morgan fingerprint density at radius 3 is 2.35 bits per heavy atom. The van der Waals surface area contributed by atoms with Crippen molar-refractivity contribution < 1.29 is 9.90 Å². The molecule has 1 aliphatic rings. The van der Waals surface area contributed by atoms with Gasteiger partial charge in [0.05, 0.1) is 0 Å². The van der Waals surface area contributed by atoms with Gasteiger partial charge in [0, 0.05) is 25.0 Å². The molecule has 1 fully saturated rings. The zero-order chi connectivity index (χ0) is 16.2. The largest absolute Gasteiger partial charge is 0.378 e. The molecule has 2 aromatic rings. The van der Waals surface area contributed by atoms with Crippen molar-refractivity contribution in [2.24, 2.45) is 0 Å². The normalized spacial score (nSPS) is 22.7. The molecule has 0 aliphatic carbocycles. The first-order valence-electron chi connectivity index (χ1n) is 7.92. The standard InChI is InChI=1S/C19H22N2O2/c1-21-12-16(14-8-4-2-5-9-14)17(13-21)20-19(23)18(22)15-10-6-3-7-11-15/h2-11,16-18,22H,12-13H2,1H3,(H,20,23)/t16-,17+,18+/m1/s1. The Morgan fingerprint density at radius 1 is 1.09 bits per heavy atom. The van der Waals surface area contributed by atoms with Crippen molar-refractivity contribution in [3.63, 3.8) is 0 Å². The van der Waals surface area contributed by atoms with Crippen molar-refractivity contribution in [2.45, 2.75) is 18.1 Å². The van der Waals surface area contributed by atoms with Gasteiger partial charge in [-0.15, -0.1) is 0 Å². The SMILES string of the molecule is CN1C[C@H](NC(=O)[C@@H](O)c2ccccc2)[C@@H](c2ccccc2)C1. The van der Waals surface area contributed by atoms with Gasteiger partial charge in [-0.3, -0.25) is 4.79 Å². The van der Waals surface area contributed by atoms with E-state index in [0.717, 1.165) is 13.1 Å². The molecule has 0 bridgehead atoms. The summed E-state index contributed by atoms with van der Waals surface area (Å²) in [5.74, 6) is -0.0921. The van der Waals surface area contributed by atoms with E-state index in [1.54, 1.807) is 12.1 Å². The number of benzene rings is 2. The average Bonchev–Trinajstić information content (AvgIpc) is 2.96. The summed E-state index contributed by atoms with van der Waals surface area (Å²) in [6.07, 6.45) is -1.13. The highest BCUT2D eigenvalue weighted by atomic mass is 16.3. The number of carbonyl (C=O) groups is 1. The predicted octanol–water partition coefficient (Wildman–Crippen LogP) is 1.93. The van der Waals surface area contributed by atoms with E-state index in [-0.39, 0.29) is 17.9 Å². The molecule has 2 aromatic carbocycles. The van der Waals surface area contributed by atoms with Crippen LogP contribution in [0.1, 0.15) is 23.1 Å². The van der Waals surface area contributed by atoms with Crippen LogP contribution in [-0.4, -0.2) is 42.1 Å². The quantitative estimate of drug-likeness (QED) is 0.907. The number of likely N-dealkylation sites (tertiary alicyclic amines) is 1. The lowest BCUT2D eigenvalue weighted by molar-refractivity contribution is -0.130. The van der Waals surface area contributed by atoms with Gasteiger partial charge in [-0.05, 0) is 18.2 Å². The highest BCUT2D eigenvalue weighted by Crippen LogP contribution is 2.27. The number of nitrogens with zero attached hydrogens (tertiary/aromatic N) is 1. The maximum atomic E-state index is 12.4. The van der Waals surface area contributed by atoms with Crippen LogP contribution in [0.2, 0.25) is 0 Å². The van der Waals surface area contributed by atoms with Crippen LogP contribution in [0.5, 0.6) is 0 Å². The Hall–Kier alpha value is -2.17. The summed E-state index contributed by atoms with van der Waals surface area (Å²) >= 11 is 0. The van der Waals surface area contributed by atoms with E-state index in [2.05, 4.69) is 29.4 Å². The summed E-state index contributed by atoms with van der Waals surface area (Å²) < 4.78 is 0. The summed E-state index contributed by atoms with van der Waals surface area (Å²) in [5.41, 5.74) is 1.84. The van der Waals surface area contributed by atoms with E-state index in [0.29, 0.717) is 5.56 Å². The van der Waals surface area contributed by atoms with E-state index in [1.165, 1.54) is 5.56 Å². The number of aliphatic hydroxyl groups is 1. The average molecular weight is 310 g/mol. The van der Waals surface area contributed by atoms with Crippen molar-refractivity contribution in [3.05, 3.63) is 71.8 Å². The van der Waals surface area contributed by atoms with Crippen LogP contribution < -0.4 is 5.32 Å². The molecule has 3 atom stereocenters. The van der Waals surface area contributed by atoms with Crippen LogP contribution in [0.4, 0.5) is 0 Å². The first-order chi connectivity index (χ1) is 11.1. The minimum Gasteiger partial charge on any atom is -0.378 e. The zero-order valence-electron chi connectivity index (χ0n) is 13.2. The number of hydrogen-bond acceptors (Lipinski definition) is 3. The van der Waals surface area contributed by atoms with Crippen LogP contribution >= 0.6 is 0 Å². The third kappa shape index (κ3) is 3.60. The van der Waals surface area contributed by atoms with Crippen LogP contribution in [-0.2, 0) is 4.79 Å². The van der Waals surface area contributed by atoms with Gasteiger partial charge in [-0.25, -0.2) is 0 Å². The Balaban J connectivity index is 1.72. The lowest BCUT2D eigenvalue weighted by Gasteiger charge is -2.22. The maximum Gasteiger partial charge on any atom is 0.253 e. The van der Waals surface area contributed by atoms with Crippen molar-refractivity contribution >= 4 is 5.91 Å². The summed E-state index contributed by atoms with van der Waals surface area (Å²) in [6.45, 7) is 1.68. The molecule has 1 amide bonds. The first-order valence-corrected chi connectivity index (χ1v) is 7.92. The van der Waals surface area contributed by atoms with Crippen molar-refractivity contribution in [3.8, 4) is 0 Å². The van der Waals surface area contributed by atoms with E-state index < -0.39 is 6.10 Å². The van der Waals surface area contributed by atoms with Crippen LogP contribution in [0.3, 0.4) is 0 Å². The Kier molecular flexibility index (Phi) is 4.74. The molecular formula is C19H22N2O2. The third-order valence-corrected chi connectivity index (χ3v) is 4.42. The van der Waals surface area contributed by atoms with Crippen LogP contribution in [0.25, 0.3) is 0 Å². The molecule has 1 saturated heterocycles. The van der Waals surface area contributed by atoms with Gasteiger partial charge < -0.3 is 15.3 Å². The predicted molar refractivity (Wildman–Crippen MR) is 90.0 cm³/mol. The Bertz CT molecular complexity index is 645. The number of nitrogens with one attached hydrogen (secondary N) is 1. The lowest BCUT2D eigenvalue weighted by atomic mass is 9.94. The third-order valence-electron chi connectivity index (χ3n) is 4.42. The lowest BCUT2D eigenvalue weighted by Crippen LogP contribution is -2.42. The van der Waals surface area contributed by atoms with Crippen molar-refractivity contribution in [1.82, 2.24) is 10.2 Å². The Morgan fingerprint density at radius 2 is 1.70 bits per heavy atom. The fourth-order valence-electron chi connectivity index (χ4n) is 3.23. The van der Waals surface area contributed by atoms with Gasteiger partial charge in [-0.1, -0.05) is 60.7 Å². The fraction of sp³-hybridized carbons (Fsp3) is 0.316. The van der Waals surface area contributed by atoms with Gasteiger partial charge >= 0.3 is 0 Å². The maximum absolute atomic E-state index is 12.4. The second-order valence-corrected chi connectivity index (χ2v) is 6.17. The number of amides is 1. The minimum atomic E-state index is -1.13. The van der Waals surface area contributed by atoms with E-state index in [1.807, 2.05) is 36.4 Å². The number of rotatable bonds is 4. The molecule has 1 heterocycles. The molecule has 23 heavy (non-hydrogen) atoms. The van der Waals surface area contributed by atoms with Gasteiger partial charge in [0.2, 0.25) is 0 Å². The summed E-state index contributed by atoms with van der Waals surface area (Å²) in [7, 11) is 2.05. The number of hydrogen-bond donors (Lipinski definition) is 2. The van der Waals surface area contributed by atoms with Crippen molar-refractivity contribution in [1.29, 1.82) is 0 Å². The topological polar surface area (TPSA) is 52.6 Å². The number of aliphatic hydroxyl groups excluding tert-OH is 1. The molecule has 120 valence electrons. The van der Waals surface area contributed by atoms with E-state index >= 15 is 0 Å². The second kappa shape index (κ2) is 6.94. The number of likely N-dealkylation sites (N-methyl/N-ethyl adjacent to an activating group) is 1. The smallest absolute Gasteiger partial charge is 0.253 e. The summed E-state index contributed by atoms with van der Waals surface area (Å²) in [6, 6.07) is 19.3. The highest BCUT2D eigenvalue weighted by molar-refractivity contribution is 5.82. The zero-order valence-corrected chi connectivity index (χ0v) is 13.2. The molecule has 4 nitrogen and oxygen atoms in total. The molecule has 1 aliphatic heterocycles. The molecule has 0 aromatic heterocycles. The number of carbonyl (C=O) groups excluding carboxylic acids is 1. The second-order valence-electron chi connectivity index (χ2n) is 6.17. The fourth-order valence-corrected chi connectivity index (χ4v) is 3.23. The summed E-state index contributed by atoms with van der Waals surface area (Å²) in [4.78, 5) is 14.6. The molecule has 0 radical (unpaired) electrons. The molecule has 0 spiro atoms. The minimum absolute atomic E-state index is 0.00765. The Labute approximate surface area is 136 Å². The molecule has 3 rings (SSSR count). The monoisotopic (exact) mass is 310 g/mol. The molecular weight excluding hydrogens is 288 g/mol. The molecule has 0 unspecified atom stereocenters. The first kappa shape index (κ1) is 15.7. The van der Waals surface area contributed by atoms with Gasteiger partial charge in [0.25, 0.3) is 5.91 Å². The van der Waals surface area contributed by atoms with Crippen LogP contribution in [0, 0.1) is 0 Å². The molecule has 2 N–H and O–H groups in total. The van der Waals surface area contributed by atoms with E-state index in [9.17, 15) is 9.90 Å². The van der Waals surface area contributed by atoms with Gasteiger partial charge in [0.1, 0.15) is 0 Å².